The maximum atomic E-state index is 13.4. The van der Waals surface area contributed by atoms with Gasteiger partial charge in [0.2, 0.25) is 0 Å². The minimum Gasteiger partial charge on any atom is -0.467 e. The summed E-state index contributed by atoms with van der Waals surface area (Å²) in [7, 11) is 1.26. The zero-order chi connectivity index (χ0) is 14.7. The number of carbonyl (C=O) groups excluding carboxylic acids is 2. The third-order valence-electron chi connectivity index (χ3n) is 3.15. The van der Waals surface area contributed by atoms with E-state index in [0.717, 1.165) is 0 Å². The van der Waals surface area contributed by atoms with Gasteiger partial charge in [-0.1, -0.05) is 0 Å². The minimum atomic E-state index is -0.787. The Bertz CT molecular complexity index is 512. The predicted octanol–water partition coefficient (Wildman–Crippen LogP) is 1.15. The van der Waals surface area contributed by atoms with Crippen LogP contribution in [0.15, 0.2) is 18.2 Å². The Morgan fingerprint density at radius 2 is 2.15 bits per heavy atom. The summed E-state index contributed by atoms with van der Waals surface area (Å²) in [6, 6.07) is 3.31. The molecule has 108 valence electrons. The van der Waals surface area contributed by atoms with E-state index in [1.165, 1.54) is 24.1 Å². The fraction of sp³-hybridized carbons (Fsp3) is 0.429. The summed E-state index contributed by atoms with van der Waals surface area (Å²) in [5, 5.41) is 0. The molecule has 2 rings (SSSR count). The molecule has 0 bridgehead atoms. The number of rotatable bonds is 2. The van der Waals surface area contributed by atoms with E-state index >= 15 is 0 Å². The van der Waals surface area contributed by atoms with Gasteiger partial charge < -0.3 is 14.4 Å². The Morgan fingerprint density at radius 3 is 2.80 bits per heavy atom. The number of hydrogen-bond acceptors (Lipinski definition) is 4. The molecule has 1 heterocycles. The molecule has 0 aliphatic carbocycles. The first-order chi connectivity index (χ1) is 9.52. The van der Waals surface area contributed by atoms with E-state index in [9.17, 15) is 14.0 Å². The smallest absolute Gasteiger partial charge is 0.331 e. The van der Waals surface area contributed by atoms with Gasteiger partial charge in [0, 0.05) is 12.1 Å². The number of halogens is 1. The van der Waals surface area contributed by atoms with Gasteiger partial charge in [-0.25, -0.2) is 9.18 Å². The highest BCUT2D eigenvalue weighted by Gasteiger charge is 2.34. The molecular formula is C14H16FNO4. The quantitative estimate of drug-likeness (QED) is 0.763. The molecule has 0 N–H and O–H groups in total. The lowest BCUT2D eigenvalue weighted by Gasteiger charge is -2.33. The number of ether oxygens (including phenoxy) is 2. The van der Waals surface area contributed by atoms with Crippen LogP contribution in [0.4, 0.5) is 4.39 Å². The molecule has 5 nitrogen and oxygen atoms in total. The lowest BCUT2D eigenvalue weighted by Crippen LogP contribution is -2.53. The Kier molecular flexibility index (Phi) is 4.34. The van der Waals surface area contributed by atoms with Crippen LogP contribution in [0.3, 0.4) is 0 Å². The summed E-state index contributed by atoms with van der Waals surface area (Å²) in [4.78, 5) is 25.5. The van der Waals surface area contributed by atoms with Crippen LogP contribution >= 0.6 is 0 Å². The summed E-state index contributed by atoms with van der Waals surface area (Å²) in [6.45, 7) is 2.41. The molecule has 1 fully saturated rings. The van der Waals surface area contributed by atoms with Gasteiger partial charge in [0.05, 0.1) is 20.3 Å². The summed E-state index contributed by atoms with van der Waals surface area (Å²) in [5.74, 6) is -1.41. The Hall–Kier alpha value is -1.95. The number of methoxy groups -OCH3 is 1. The average molecular weight is 281 g/mol. The second kappa shape index (κ2) is 6.00. The van der Waals surface area contributed by atoms with Crippen LogP contribution in [-0.2, 0) is 14.3 Å². The molecule has 1 unspecified atom stereocenters. The van der Waals surface area contributed by atoms with Crippen molar-refractivity contribution in [1.29, 1.82) is 0 Å². The van der Waals surface area contributed by atoms with Crippen molar-refractivity contribution in [2.24, 2.45) is 0 Å². The molecule has 0 saturated carbocycles. The first kappa shape index (κ1) is 14.5. The van der Waals surface area contributed by atoms with Crippen LogP contribution in [0, 0.1) is 12.7 Å². The van der Waals surface area contributed by atoms with E-state index in [2.05, 4.69) is 4.74 Å². The van der Waals surface area contributed by atoms with Crippen LogP contribution in [-0.4, -0.2) is 49.7 Å². The first-order valence-electron chi connectivity index (χ1n) is 6.26. The van der Waals surface area contributed by atoms with Crippen molar-refractivity contribution in [3.05, 3.63) is 35.1 Å². The number of hydrogen-bond donors (Lipinski definition) is 0. The Balaban J connectivity index is 2.27. The van der Waals surface area contributed by atoms with Gasteiger partial charge >= 0.3 is 5.97 Å². The van der Waals surface area contributed by atoms with Crippen LogP contribution < -0.4 is 0 Å². The van der Waals surface area contributed by atoms with Crippen molar-refractivity contribution in [3.63, 3.8) is 0 Å². The number of morpholine rings is 1. The highest BCUT2D eigenvalue weighted by molar-refractivity contribution is 5.97. The molecule has 0 spiro atoms. The van der Waals surface area contributed by atoms with Gasteiger partial charge in [0.15, 0.2) is 6.04 Å². The molecule has 1 aromatic rings. The summed E-state index contributed by atoms with van der Waals surface area (Å²) in [5.41, 5.74) is 0.870. The highest BCUT2D eigenvalue weighted by atomic mass is 19.1. The zero-order valence-corrected chi connectivity index (χ0v) is 11.4. The molecule has 1 aliphatic heterocycles. The summed E-state index contributed by atoms with van der Waals surface area (Å²) in [6.07, 6.45) is 0. The van der Waals surface area contributed by atoms with Crippen molar-refractivity contribution >= 4 is 11.9 Å². The fourth-order valence-corrected chi connectivity index (χ4v) is 2.20. The third-order valence-corrected chi connectivity index (χ3v) is 3.15. The number of esters is 1. The summed E-state index contributed by atoms with van der Waals surface area (Å²) < 4.78 is 23.3. The average Bonchev–Trinajstić information content (AvgIpc) is 2.44. The monoisotopic (exact) mass is 281 g/mol. The van der Waals surface area contributed by atoms with Gasteiger partial charge in [-0.05, 0) is 30.7 Å². The molecule has 0 aromatic heterocycles. The second-order valence-corrected chi connectivity index (χ2v) is 4.63. The van der Waals surface area contributed by atoms with Gasteiger partial charge in [0.1, 0.15) is 5.82 Å². The molecule has 1 atom stereocenters. The molecular weight excluding hydrogens is 265 g/mol. The van der Waals surface area contributed by atoms with E-state index in [0.29, 0.717) is 12.2 Å². The largest absolute Gasteiger partial charge is 0.467 e. The van der Waals surface area contributed by atoms with Crippen molar-refractivity contribution in [2.75, 3.05) is 26.9 Å². The molecule has 1 aromatic carbocycles. The SMILES string of the molecule is COC(=O)C1COCCN1C(=O)c1cc(C)cc(F)c1. The molecule has 20 heavy (non-hydrogen) atoms. The fourth-order valence-electron chi connectivity index (χ4n) is 2.20. The van der Waals surface area contributed by atoms with Crippen molar-refractivity contribution in [2.45, 2.75) is 13.0 Å². The lowest BCUT2D eigenvalue weighted by molar-refractivity contribution is -0.151. The number of carbonyl (C=O) groups is 2. The topological polar surface area (TPSA) is 55.8 Å². The normalized spacial score (nSPS) is 18.8. The van der Waals surface area contributed by atoms with Crippen molar-refractivity contribution in [1.82, 2.24) is 4.90 Å². The van der Waals surface area contributed by atoms with Gasteiger partial charge in [0.25, 0.3) is 5.91 Å². The van der Waals surface area contributed by atoms with E-state index in [1.54, 1.807) is 13.0 Å². The molecule has 0 radical (unpaired) electrons. The molecule has 1 saturated heterocycles. The number of amides is 1. The van der Waals surface area contributed by atoms with E-state index in [4.69, 9.17) is 4.74 Å². The molecule has 1 aliphatic rings. The van der Waals surface area contributed by atoms with Gasteiger partial charge in [-0.3, -0.25) is 4.79 Å². The summed E-state index contributed by atoms with van der Waals surface area (Å²) >= 11 is 0. The first-order valence-corrected chi connectivity index (χ1v) is 6.26. The number of benzene rings is 1. The molecule has 1 amide bonds. The minimum absolute atomic E-state index is 0.0900. The Morgan fingerprint density at radius 1 is 1.40 bits per heavy atom. The third kappa shape index (κ3) is 2.96. The van der Waals surface area contributed by atoms with E-state index < -0.39 is 23.7 Å². The lowest BCUT2D eigenvalue weighted by atomic mass is 10.1. The van der Waals surface area contributed by atoms with Crippen molar-refractivity contribution < 1.29 is 23.5 Å². The highest BCUT2D eigenvalue weighted by Crippen LogP contribution is 2.16. The van der Waals surface area contributed by atoms with E-state index in [-0.39, 0.29) is 18.7 Å². The van der Waals surface area contributed by atoms with Crippen molar-refractivity contribution in [3.8, 4) is 0 Å². The maximum Gasteiger partial charge on any atom is 0.331 e. The van der Waals surface area contributed by atoms with E-state index in [1.807, 2.05) is 0 Å². The standard InChI is InChI=1S/C14H16FNO4/c1-9-5-10(7-11(15)6-9)13(17)16-3-4-20-8-12(16)14(18)19-2/h5-7,12H,3-4,8H2,1-2H3. The van der Waals surface area contributed by atoms with Gasteiger partial charge in [-0.15, -0.1) is 0 Å². The predicted molar refractivity (Wildman–Crippen MR) is 68.8 cm³/mol. The molecule has 6 heteroatoms. The van der Waals surface area contributed by atoms with Crippen LogP contribution in [0.2, 0.25) is 0 Å². The van der Waals surface area contributed by atoms with Crippen LogP contribution in [0.1, 0.15) is 15.9 Å². The van der Waals surface area contributed by atoms with Crippen LogP contribution in [0.25, 0.3) is 0 Å². The number of nitrogens with zero attached hydrogens (tertiary/aromatic N) is 1. The second-order valence-electron chi connectivity index (χ2n) is 4.63. The Labute approximate surface area is 116 Å². The van der Waals surface area contributed by atoms with Gasteiger partial charge in [-0.2, -0.15) is 0 Å². The van der Waals surface area contributed by atoms with Crippen LogP contribution in [0.5, 0.6) is 0 Å². The zero-order valence-electron chi connectivity index (χ0n) is 11.4. The number of aryl methyl sites for hydroxylation is 1. The maximum absolute atomic E-state index is 13.4.